The lowest BCUT2D eigenvalue weighted by atomic mass is 9.43. The molecular weight excluding hydrogens is 256 g/mol. The highest BCUT2D eigenvalue weighted by molar-refractivity contribution is 5.89. The molecule has 0 aromatic heterocycles. The highest BCUT2D eigenvalue weighted by atomic mass is 16.1. The van der Waals surface area contributed by atoms with Gasteiger partial charge in [0.1, 0.15) is 5.78 Å². The monoisotopic (exact) mass is 286 g/mol. The smallest absolute Gasteiger partial charge is 0.139 e. The fourth-order valence-corrected chi connectivity index (χ4v) is 8.98. The quantitative estimate of drug-likeness (QED) is 0.613. The largest absolute Gasteiger partial charge is 0.299 e. The Balaban J connectivity index is 1.66. The van der Waals surface area contributed by atoms with Crippen molar-refractivity contribution in [1.82, 2.24) is 0 Å². The molecule has 116 valence electrons. The fourth-order valence-electron chi connectivity index (χ4n) is 8.98. The lowest BCUT2D eigenvalue weighted by molar-refractivity contribution is -0.151. The van der Waals surface area contributed by atoms with Gasteiger partial charge in [0.25, 0.3) is 0 Å². The van der Waals surface area contributed by atoms with Gasteiger partial charge in [0.15, 0.2) is 0 Å². The number of fused-ring (bicyclic) bond motifs is 2. The van der Waals surface area contributed by atoms with Gasteiger partial charge in [0, 0.05) is 11.8 Å². The van der Waals surface area contributed by atoms with E-state index in [1.54, 1.807) is 0 Å². The van der Waals surface area contributed by atoms with Crippen molar-refractivity contribution in [2.24, 2.45) is 38.9 Å². The molecule has 1 unspecified atom stereocenters. The molecular formula is C20H30O. The van der Waals surface area contributed by atoms with Crippen LogP contribution in [0.4, 0.5) is 0 Å². The van der Waals surface area contributed by atoms with Crippen LogP contribution in [0, 0.1) is 38.9 Å². The molecule has 6 saturated carbocycles. The van der Waals surface area contributed by atoms with Crippen LogP contribution in [0.2, 0.25) is 0 Å². The van der Waals surface area contributed by atoms with E-state index in [0.29, 0.717) is 27.4 Å². The van der Waals surface area contributed by atoms with E-state index in [0.717, 1.165) is 18.3 Å². The Kier molecular flexibility index (Phi) is 1.97. The lowest BCUT2D eigenvalue weighted by Gasteiger charge is -2.61. The van der Waals surface area contributed by atoms with Crippen molar-refractivity contribution in [2.45, 2.75) is 79.1 Å². The van der Waals surface area contributed by atoms with E-state index in [2.05, 4.69) is 27.7 Å². The number of hydrogen-bond acceptors (Lipinski definition) is 1. The average molecular weight is 286 g/mol. The minimum atomic E-state index is 0.0545. The van der Waals surface area contributed by atoms with Crippen molar-refractivity contribution in [3.63, 3.8) is 0 Å². The maximum atomic E-state index is 12.6. The first kappa shape index (κ1) is 13.1. The van der Waals surface area contributed by atoms with Gasteiger partial charge in [-0.1, -0.05) is 34.1 Å². The van der Waals surface area contributed by atoms with E-state index in [1.165, 1.54) is 44.9 Å². The third kappa shape index (κ3) is 1.07. The van der Waals surface area contributed by atoms with Crippen molar-refractivity contribution in [3.05, 3.63) is 0 Å². The minimum Gasteiger partial charge on any atom is -0.299 e. The van der Waals surface area contributed by atoms with Gasteiger partial charge in [0.2, 0.25) is 0 Å². The van der Waals surface area contributed by atoms with E-state index >= 15 is 0 Å². The number of ketones is 1. The molecule has 6 aliphatic carbocycles. The van der Waals surface area contributed by atoms with Crippen LogP contribution in [-0.4, -0.2) is 5.78 Å². The molecule has 0 saturated heterocycles. The number of carbonyl (C=O) groups excluding carboxylic acids is 1. The molecule has 2 spiro atoms. The van der Waals surface area contributed by atoms with Crippen molar-refractivity contribution >= 4 is 5.78 Å². The van der Waals surface area contributed by atoms with Gasteiger partial charge in [-0.15, -0.1) is 0 Å². The molecule has 6 atom stereocenters. The molecule has 0 N–H and O–H groups in total. The summed E-state index contributed by atoms with van der Waals surface area (Å²) in [6, 6.07) is 0. The molecule has 6 fully saturated rings. The summed E-state index contributed by atoms with van der Waals surface area (Å²) in [5, 5.41) is 0. The Morgan fingerprint density at radius 3 is 2.52 bits per heavy atom. The zero-order valence-electron chi connectivity index (χ0n) is 14.2. The van der Waals surface area contributed by atoms with E-state index in [1.807, 2.05) is 0 Å². The lowest BCUT2D eigenvalue weighted by Crippen LogP contribution is -2.55. The second kappa shape index (κ2) is 3.15. The Labute approximate surface area is 129 Å². The second-order valence-corrected chi connectivity index (χ2v) is 10.6. The third-order valence-corrected chi connectivity index (χ3v) is 9.67. The van der Waals surface area contributed by atoms with Gasteiger partial charge in [-0.2, -0.15) is 0 Å². The van der Waals surface area contributed by atoms with Crippen LogP contribution >= 0.6 is 0 Å². The van der Waals surface area contributed by atoms with E-state index < -0.39 is 0 Å². The predicted octanol–water partition coefficient (Wildman–Crippen LogP) is 4.99. The first-order valence-corrected chi connectivity index (χ1v) is 9.25. The highest BCUT2D eigenvalue weighted by Gasteiger charge is 2.90. The molecule has 4 bridgehead atoms. The Morgan fingerprint density at radius 2 is 1.76 bits per heavy atom. The maximum absolute atomic E-state index is 12.6. The van der Waals surface area contributed by atoms with Crippen LogP contribution in [0.5, 0.6) is 0 Å². The van der Waals surface area contributed by atoms with Crippen molar-refractivity contribution < 1.29 is 4.79 Å². The van der Waals surface area contributed by atoms with Gasteiger partial charge in [-0.3, -0.25) is 4.79 Å². The summed E-state index contributed by atoms with van der Waals surface area (Å²) in [7, 11) is 0. The van der Waals surface area contributed by atoms with E-state index in [9.17, 15) is 4.79 Å². The molecule has 0 aromatic rings. The number of Topliss-reactive ketones (excluding diaryl/α,β-unsaturated/α-hetero) is 1. The zero-order chi connectivity index (χ0) is 14.9. The van der Waals surface area contributed by atoms with E-state index in [-0.39, 0.29) is 5.41 Å². The van der Waals surface area contributed by atoms with Crippen molar-refractivity contribution in [1.29, 1.82) is 0 Å². The molecule has 0 amide bonds. The number of hydrogen-bond donors (Lipinski definition) is 0. The molecule has 0 aromatic carbocycles. The standard InChI is InChI=1S/C20H30O/c1-16(2)7-5-8-18(4)13(16)6-9-19-11-15(21)17(3)10-14(19)20(18,19)12-17/h13-14H,5-12H2,1-4H3/t13-,14?,17-,18-,19+,20-/m0/s1. The van der Waals surface area contributed by atoms with Crippen LogP contribution in [0.1, 0.15) is 79.1 Å². The first-order chi connectivity index (χ1) is 9.72. The summed E-state index contributed by atoms with van der Waals surface area (Å²) in [6.45, 7) is 10.00. The van der Waals surface area contributed by atoms with E-state index in [4.69, 9.17) is 0 Å². The average Bonchev–Trinajstić information content (AvgIpc) is 2.78. The maximum Gasteiger partial charge on any atom is 0.139 e. The molecule has 1 nitrogen and oxygen atoms in total. The summed E-state index contributed by atoms with van der Waals surface area (Å²) in [5.41, 5.74) is 2.11. The summed E-state index contributed by atoms with van der Waals surface area (Å²) in [5.74, 6) is 2.41. The minimum absolute atomic E-state index is 0.0545. The SMILES string of the molecule is CC1(C)CCC[C@@]2(C)[C@H]1CC[C@@]13CC(=O)[C@@]4(C)CC1[C@]32C4. The molecule has 0 radical (unpaired) electrons. The zero-order valence-corrected chi connectivity index (χ0v) is 14.2. The van der Waals surface area contributed by atoms with Crippen molar-refractivity contribution in [3.8, 4) is 0 Å². The first-order valence-electron chi connectivity index (χ1n) is 9.25. The molecule has 0 heterocycles. The van der Waals surface area contributed by atoms with Gasteiger partial charge in [0.05, 0.1) is 0 Å². The Hall–Kier alpha value is -0.330. The van der Waals surface area contributed by atoms with Gasteiger partial charge < -0.3 is 0 Å². The van der Waals surface area contributed by atoms with Gasteiger partial charge in [-0.05, 0) is 72.0 Å². The van der Waals surface area contributed by atoms with Gasteiger partial charge in [-0.25, -0.2) is 0 Å². The molecule has 1 heteroatoms. The number of carbonyl (C=O) groups is 1. The molecule has 0 aliphatic heterocycles. The second-order valence-electron chi connectivity index (χ2n) is 10.6. The summed E-state index contributed by atoms with van der Waals surface area (Å²) in [4.78, 5) is 12.6. The van der Waals surface area contributed by atoms with Crippen molar-refractivity contribution in [2.75, 3.05) is 0 Å². The normalized spacial score (nSPS) is 63.0. The summed E-state index contributed by atoms with van der Waals surface area (Å²) < 4.78 is 0. The molecule has 6 aliphatic rings. The van der Waals surface area contributed by atoms with Crippen LogP contribution in [0.15, 0.2) is 0 Å². The Morgan fingerprint density at radius 1 is 1.00 bits per heavy atom. The topological polar surface area (TPSA) is 17.1 Å². The Bertz CT molecular complexity index is 562. The van der Waals surface area contributed by atoms with Crippen LogP contribution in [-0.2, 0) is 4.79 Å². The fraction of sp³-hybridized carbons (Fsp3) is 0.950. The predicted molar refractivity (Wildman–Crippen MR) is 83.8 cm³/mol. The summed E-state index contributed by atoms with van der Waals surface area (Å²) >= 11 is 0. The van der Waals surface area contributed by atoms with Gasteiger partial charge >= 0.3 is 0 Å². The number of rotatable bonds is 0. The molecule has 6 rings (SSSR count). The molecule has 21 heavy (non-hydrogen) atoms. The highest BCUT2D eigenvalue weighted by Crippen LogP contribution is 2.95. The summed E-state index contributed by atoms with van der Waals surface area (Å²) in [6.07, 6.45) is 10.4. The third-order valence-electron chi connectivity index (χ3n) is 9.67. The van der Waals surface area contributed by atoms with Crippen LogP contribution < -0.4 is 0 Å². The van der Waals surface area contributed by atoms with Crippen LogP contribution in [0.3, 0.4) is 0 Å². The van der Waals surface area contributed by atoms with Crippen LogP contribution in [0.25, 0.3) is 0 Å².